The number of hydrogen-bond donors (Lipinski definition) is 4. The molecule has 4 atom stereocenters. The van der Waals surface area contributed by atoms with Gasteiger partial charge in [-0.15, -0.1) is 0 Å². The Morgan fingerprint density at radius 1 is 0.754 bits per heavy atom. The minimum atomic E-state index is -0.718. The second-order valence-electron chi connectivity index (χ2n) is 15.9. The normalized spacial score (nSPS) is 18.3. The zero-order valence-electron chi connectivity index (χ0n) is 33.1. The van der Waals surface area contributed by atoms with Crippen molar-refractivity contribution in [1.29, 1.82) is 0 Å². The quantitative estimate of drug-likeness (QED) is 0.135. The SMILES string of the molecule is COC(=O)N[C@H](C(=O)N1CCC[C@H]1c1nc2ccc3[nH]c(-c4ccc5c(c4)ncc4[nH]c([C@@H]6CCCN6C(=O)[C@@H](NC(C)=O)C(C)C)nc45)ccc3c2n1)C(C)C. The molecule has 0 bridgehead atoms. The number of imidazole rings is 2. The number of aromatic amines is 2. The number of fused-ring (bicyclic) bond motifs is 6. The van der Waals surface area contributed by atoms with E-state index < -0.39 is 18.2 Å². The highest BCUT2D eigenvalue weighted by atomic mass is 16.5. The Hall–Kier alpha value is -6.12. The molecule has 0 aliphatic carbocycles. The van der Waals surface area contributed by atoms with Crippen molar-refractivity contribution in [1.82, 2.24) is 50.3 Å². The largest absolute Gasteiger partial charge is 0.453 e. The minimum Gasteiger partial charge on any atom is -0.453 e. The van der Waals surface area contributed by atoms with Gasteiger partial charge in [0, 0.05) is 47.6 Å². The molecule has 15 nitrogen and oxygen atoms in total. The number of carbonyl (C=O) groups excluding carboxylic acids is 4. The number of H-pyrrole nitrogens is 2. The Bertz CT molecular complexity index is 2540. The van der Waals surface area contributed by atoms with E-state index >= 15 is 0 Å². The maximum atomic E-state index is 13.7. The number of nitrogens with zero attached hydrogens (tertiary/aromatic N) is 6. The molecular weight excluding hydrogens is 725 g/mol. The maximum Gasteiger partial charge on any atom is 0.407 e. The topological polar surface area (TPSA) is 191 Å². The van der Waals surface area contributed by atoms with E-state index in [-0.39, 0.29) is 41.6 Å². The predicted molar refractivity (Wildman–Crippen MR) is 216 cm³/mol. The van der Waals surface area contributed by atoms with Crippen molar-refractivity contribution >= 4 is 67.7 Å². The van der Waals surface area contributed by atoms with Crippen molar-refractivity contribution in [3.05, 3.63) is 60.3 Å². The van der Waals surface area contributed by atoms with Gasteiger partial charge >= 0.3 is 6.09 Å². The fourth-order valence-electron chi connectivity index (χ4n) is 8.42. The smallest absolute Gasteiger partial charge is 0.407 e. The molecule has 0 unspecified atom stereocenters. The lowest BCUT2D eigenvalue weighted by Crippen LogP contribution is -2.51. The first kappa shape index (κ1) is 37.8. The van der Waals surface area contributed by atoms with Crippen molar-refractivity contribution in [2.75, 3.05) is 20.2 Å². The Morgan fingerprint density at radius 3 is 2.14 bits per heavy atom. The third kappa shape index (κ3) is 6.99. The summed E-state index contributed by atoms with van der Waals surface area (Å²) in [6, 6.07) is 12.3. The lowest BCUT2D eigenvalue weighted by Gasteiger charge is -2.30. The van der Waals surface area contributed by atoms with E-state index in [0.29, 0.717) is 18.9 Å². The summed E-state index contributed by atoms with van der Waals surface area (Å²) in [6.45, 7) is 10.3. The Morgan fingerprint density at radius 2 is 1.44 bits per heavy atom. The van der Waals surface area contributed by atoms with E-state index in [1.165, 1.54) is 14.0 Å². The first-order valence-corrected chi connectivity index (χ1v) is 19.7. The van der Waals surface area contributed by atoms with E-state index in [4.69, 9.17) is 24.7 Å². The molecule has 0 spiro atoms. The number of benzene rings is 2. The molecule has 15 heteroatoms. The molecule has 2 aromatic carbocycles. The number of alkyl carbamates (subject to hydrolysis) is 1. The van der Waals surface area contributed by atoms with Crippen LogP contribution < -0.4 is 10.6 Å². The third-order valence-electron chi connectivity index (χ3n) is 11.4. The van der Waals surface area contributed by atoms with Crippen LogP contribution in [0.1, 0.15) is 84.0 Å². The molecule has 6 heterocycles. The molecule has 4 N–H and O–H groups in total. The number of rotatable bonds is 9. The number of nitrogens with one attached hydrogen (secondary N) is 4. The summed E-state index contributed by atoms with van der Waals surface area (Å²) in [6.07, 6.45) is 4.33. The van der Waals surface area contributed by atoms with Crippen molar-refractivity contribution in [3.8, 4) is 11.3 Å². The number of ether oxygens (including phenoxy) is 1. The Labute approximate surface area is 329 Å². The molecule has 8 rings (SSSR count). The van der Waals surface area contributed by atoms with Gasteiger partial charge in [-0.25, -0.2) is 19.7 Å². The van der Waals surface area contributed by atoms with E-state index in [1.807, 2.05) is 75.1 Å². The van der Waals surface area contributed by atoms with Gasteiger partial charge in [-0.3, -0.25) is 19.4 Å². The summed E-state index contributed by atoms with van der Waals surface area (Å²) in [5.41, 5.74) is 6.63. The average molecular weight is 773 g/mol. The van der Waals surface area contributed by atoms with Gasteiger partial charge in [0.25, 0.3) is 0 Å². The van der Waals surface area contributed by atoms with Gasteiger partial charge in [-0.1, -0.05) is 33.8 Å². The molecule has 296 valence electrons. The number of aromatic nitrogens is 6. The van der Waals surface area contributed by atoms with Crippen LogP contribution in [0.2, 0.25) is 0 Å². The number of likely N-dealkylation sites (tertiary alicyclic amines) is 2. The van der Waals surface area contributed by atoms with Gasteiger partial charge in [0.1, 0.15) is 23.4 Å². The molecule has 2 saturated heterocycles. The van der Waals surface area contributed by atoms with Gasteiger partial charge in [-0.2, -0.15) is 0 Å². The van der Waals surface area contributed by atoms with Crippen LogP contribution >= 0.6 is 0 Å². The Kier molecular flexibility index (Phi) is 10.0. The van der Waals surface area contributed by atoms with Crippen LogP contribution in [0, 0.1) is 11.8 Å². The van der Waals surface area contributed by atoms with Gasteiger partial charge in [-0.05, 0) is 73.9 Å². The molecule has 6 aromatic rings. The average Bonchev–Trinajstić information content (AvgIpc) is 4.03. The lowest BCUT2D eigenvalue weighted by atomic mass is 10.0. The fraction of sp³-hybridized carbons (Fsp3) is 0.429. The molecule has 0 saturated carbocycles. The van der Waals surface area contributed by atoms with Crippen LogP contribution in [0.4, 0.5) is 4.79 Å². The van der Waals surface area contributed by atoms with Crippen LogP contribution in [-0.4, -0.2) is 95.8 Å². The van der Waals surface area contributed by atoms with Crippen LogP contribution in [0.25, 0.3) is 55.1 Å². The number of pyridine rings is 2. The molecular formula is C42H48N10O5. The third-order valence-corrected chi connectivity index (χ3v) is 11.4. The lowest BCUT2D eigenvalue weighted by molar-refractivity contribution is -0.138. The minimum absolute atomic E-state index is 0.0485. The molecule has 57 heavy (non-hydrogen) atoms. The summed E-state index contributed by atoms with van der Waals surface area (Å²) in [7, 11) is 1.29. The first-order valence-electron chi connectivity index (χ1n) is 19.7. The maximum absolute atomic E-state index is 13.7. The molecule has 4 amide bonds. The van der Waals surface area contributed by atoms with Crippen molar-refractivity contribution < 1.29 is 23.9 Å². The highest BCUT2D eigenvalue weighted by molar-refractivity contribution is 6.05. The summed E-state index contributed by atoms with van der Waals surface area (Å²) in [4.78, 5) is 81.6. The summed E-state index contributed by atoms with van der Waals surface area (Å²) >= 11 is 0. The first-order chi connectivity index (χ1) is 27.4. The molecule has 4 aromatic heterocycles. The van der Waals surface area contributed by atoms with Crippen molar-refractivity contribution in [3.63, 3.8) is 0 Å². The summed E-state index contributed by atoms with van der Waals surface area (Å²) in [5.74, 6) is 0.656. The molecule has 2 aliphatic heterocycles. The number of hydrogen-bond acceptors (Lipinski definition) is 9. The van der Waals surface area contributed by atoms with E-state index in [9.17, 15) is 19.2 Å². The van der Waals surface area contributed by atoms with Crippen LogP contribution in [0.3, 0.4) is 0 Å². The summed E-state index contributed by atoms with van der Waals surface area (Å²) < 4.78 is 4.78. The second-order valence-corrected chi connectivity index (χ2v) is 15.9. The number of methoxy groups -OCH3 is 1. The summed E-state index contributed by atoms with van der Waals surface area (Å²) in [5, 5.41) is 7.35. The predicted octanol–water partition coefficient (Wildman–Crippen LogP) is 6.07. The number of amides is 4. The number of carbonyl (C=O) groups is 4. The standard InChI is InChI=1S/C42H48N10O5/c1-21(2)34(44-23(5)53)40(54)51-17-8-10-33(51)39-47-31-20-43-30-19-24(11-12-26(30)37(31)49-39)27-14-13-25-28(45-27)15-16-29-36(25)48-38(46-29)32-9-7-18-52(32)41(55)35(22(3)4)50-42(56)57-6/h11-16,19-22,32-35,45H,7-10,17-18H2,1-6H3,(H,44,53)(H,47,49)(H,50,56)/t32-,33-,34-,35-/m0/s1. The van der Waals surface area contributed by atoms with Crippen LogP contribution in [0.15, 0.2) is 48.7 Å². The molecule has 2 aliphatic rings. The zero-order valence-corrected chi connectivity index (χ0v) is 33.1. The fourth-order valence-corrected chi connectivity index (χ4v) is 8.42. The Balaban J connectivity index is 1.05. The molecule has 0 radical (unpaired) electrons. The molecule has 2 fully saturated rings. The van der Waals surface area contributed by atoms with E-state index in [0.717, 1.165) is 86.6 Å². The highest BCUT2D eigenvalue weighted by Crippen LogP contribution is 2.36. The van der Waals surface area contributed by atoms with Crippen molar-refractivity contribution in [2.24, 2.45) is 11.8 Å². The second kappa shape index (κ2) is 15.1. The monoisotopic (exact) mass is 772 g/mol. The van der Waals surface area contributed by atoms with Gasteiger partial charge in [0.2, 0.25) is 17.7 Å². The van der Waals surface area contributed by atoms with Gasteiger partial charge < -0.3 is 35.1 Å². The van der Waals surface area contributed by atoms with Gasteiger partial charge in [0.05, 0.1) is 47.5 Å². The van der Waals surface area contributed by atoms with E-state index in [1.54, 1.807) is 11.1 Å². The highest BCUT2D eigenvalue weighted by Gasteiger charge is 2.39. The van der Waals surface area contributed by atoms with Crippen LogP contribution in [-0.2, 0) is 19.1 Å². The zero-order chi connectivity index (χ0) is 40.1. The van der Waals surface area contributed by atoms with Gasteiger partial charge in [0.15, 0.2) is 5.82 Å². The van der Waals surface area contributed by atoms with Crippen LogP contribution in [0.5, 0.6) is 0 Å². The van der Waals surface area contributed by atoms with E-state index in [2.05, 4.69) is 20.6 Å². The van der Waals surface area contributed by atoms with Crippen molar-refractivity contribution in [2.45, 2.75) is 84.5 Å².